The zero-order valence-electron chi connectivity index (χ0n) is 8.75. The van der Waals surface area contributed by atoms with Crippen molar-refractivity contribution in [2.24, 2.45) is 0 Å². The van der Waals surface area contributed by atoms with Gasteiger partial charge in [0.2, 0.25) is 0 Å². The molecule has 0 bridgehead atoms. The van der Waals surface area contributed by atoms with Gasteiger partial charge in [-0.25, -0.2) is 9.78 Å². The molecule has 0 aliphatic heterocycles. The van der Waals surface area contributed by atoms with Crippen LogP contribution >= 0.6 is 0 Å². The number of aromatic nitrogens is 1. The topological polar surface area (TPSA) is 99.5 Å². The van der Waals surface area contributed by atoms with Crippen molar-refractivity contribution in [2.45, 2.75) is 12.5 Å². The van der Waals surface area contributed by atoms with Gasteiger partial charge in [-0.15, -0.1) is 12.3 Å². The lowest BCUT2D eigenvalue weighted by atomic mass is 10.2. The molecule has 0 aliphatic rings. The van der Waals surface area contributed by atoms with Gasteiger partial charge in [0.1, 0.15) is 11.8 Å². The molecule has 3 N–H and O–H groups in total. The van der Waals surface area contributed by atoms with Crippen LogP contribution in [0.2, 0.25) is 0 Å². The zero-order chi connectivity index (χ0) is 12.8. The molecule has 0 fully saturated rings. The summed E-state index contributed by atoms with van der Waals surface area (Å²) in [6, 6.07) is 1.52. The number of nitrogens with one attached hydrogen (secondary N) is 1. The van der Waals surface area contributed by atoms with Gasteiger partial charge in [0.15, 0.2) is 5.69 Å². The lowest BCUT2D eigenvalue weighted by molar-refractivity contribution is -0.139. The van der Waals surface area contributed by atoms with Crippen LogP contribution in [0, 0.1) is 12.3 Å². The van der Waals surface area contributed by atoms with Gasteiger partial charge in [0, 0.05) is 12.6 Å². The molecular formula is C11H10N2O4. The monoisotopic (exact) mass is 234 g/mol. The molecule has 1 amide bonds. The standard InChI is InChI=1S/C11H10N2O4/c1-2-4-7(11(16)17)13-10(15)9-8(14)5-3-6-12-9/h1,3,5-7,14H,4H2,(H,13,15)(H,16,17). The molecule has 1 heterocycles. The number of carboxylic acid groups (broad SMARTS) is 1. The summed E-state index contributed by atoms with van der Waals surface area (Å²) in [5, 5.41) is 20.3. The van der Waals surface area contributed by atoms with Gasteiger partial charge in [-0.3, -0.25) is 4.79 Å². The van der Waals surface area contributed by atoms with E-state index in [1.165, 1.54) is 18.3 Å². The maximum absolute atomic E-state index is 11.6. The highest BCUT2D eigenvalue weighted by atomic mass is 16.4. The number of carbonyl (C=O) groups is 2. The average molecular weight is 234 g/mol. The first-order valence-corrected chi connectivity index (χ1v) is 4.67. The number of hydrogen-bond acceptors (Lipinski definition) is 4. The number of hydrogen-bond donors (Lipinski definition) is 3. The van der Waals surface area contributed by atoms with E-state index in [1.54, 1.807) is 0 Å². The van der Waals surface area contributed by atoms with E-state index < -0.39 is 17.9 Å². The van der Waals surface area contributed by atoms with Gasteiger partial charge in [0.25, 0.3) is 5.91 Å². The van der Waals surface area contributed by atoms with E-state index in [0.717, 1.165) is 0 Å². The molecule has 0 saturated heterocycles. The van der Waals surface area contributed by atoms with E-state index in [9.17, 15) is 14.7 Å². The van der Waals surface area contributed by atoms with Crippen LogP contribution in [-0.2, 0) is 4.79 Å². The van der Waals surface area contributed by atoms with Gasteiger partial charge >= 0.3 is 5.97 Å². The molecule has 1 rings (SSSR count). The highest BCUT2D eigenvalue weighted by Gasteiger charge is 2.21. The van der Waals surface area contributed by atoms with Gasteiger partial charge in [-0.2, -0.15) is 0 Å². The van der Waals surface area contributed by atoms with Crippen molar-refractivity contribution in [1.82, 2.24) is 10.3 Å². The third kappa shape index (κ3) is 3.21. The summed E-state index contributed by atoms with van der Waals surface area (Å²) in [5.41, 5.74) is -0.240. The van der Waals surface area contributed by atoms with Gasteiger partial charge in [-0.05, 0) is 12.1 Å². The van der Waals surface area contributed by atoms with Crippen molar-refractivity contribution < 1.29 is 19.8 Å². The Morgan fingerprint density at radius 1 is 1.59 bits per heavy atom. The largest absolute Gasteiger partial charge is 0.505 e. The molecule has 0 radical (unpaired) electrons. The third-order valence-electron chi connectivity index (χ3n) is 1.93. The van der Waals surface area contributed by atoms with Gasteiger partial charge in [0.05, 0.1) is 0 Å². The molecule has 1 unspecified atom stereocenters. The first kappa shape index (κ1) is 12.5. The van der Waals surface area contributed by atoms with Crippen molar-refractivity contribution >= 4 is 11.9 Å². The number of pyridine rings is 1. The highest BCUT2D eigenvalue weighted by molar-refractivity contribution is 5.97. The highest BCUT2D eigenvalue weighted by Crippen LogP contribution is 2.12. The van der Waals surface area contributed by atoms with E-state index in [1.807, 2.05) is 0 Å². The Bertz CT molecular complexity index is 479. The summed E-state index contributed by atoms with van der Waals surface area (Å²) in [6.45, 7) is 0. The maximum atomic E-state index is 11.6. The number of aliphatic carboxylic acids is 1. The minimum Gasteiger partial charge on any atom is -0.505 e. The quantitative estimate of drug-likeness (QED) is 0.636. The summed E-state index contributed by atoms with van der Waals surface area (Å²) in [4.78, 5) is 26.0. The van der Waals surface area contributed by atoms with E-state index in [2.05, 4.69) is 16.2 Å². The Morgan fingerprint density at radius 2 is 2.29 bits per heavy atom. The average Bonchev–Trinajstić information content (AvgIpc) is 2.28. The number of carbonyl (C=O) groups excluding carboxylic acids is 1. The fraction of sp³-hybridized carbons (Fsp3) is 0.182. The number of rotatable bonds is 4. The Labute approximate surface area is 97.3 Å². The van der Waals surface area contributed by atoms with Crippen molar-refractivity contribution in [3.05, 3.63) is 24.0 Å². The number of amides is 1. The summed E-state index contributed by atoms with van der Waals surface area (Å²) >= 11 is 0. The van der Waals surface area contributed by atoms with Crippen LogP contribution in [0.3, 0.4) is 0 Å². The number of nitrogens with zero attached hydrogens (tertiary/aromatic N) is 1. The van der Waals surface area contributed by atoms with E-state index >= 15 is 0 Å². The summed E-state index contributed by atoms with van der Waals surface area (Å²) in [7, 11) is 0. The van der Waals surface area contributed by atoms with Crippen LogP contribution in [0.4, 0.5) is 0 Å². The van der Waals surface area contributed by atoms with Crippen molar-refractivity contribution in [3.8, 4) is 18.1 Å². The fourth-order valence-electron chi connectivity index (χ4n) is 1.12. The molecule has 0 aromatic carbocycles. The van der Waals surface area contributed by atoms with E-state index in [-0.39, 0.29) is 17.9 Å². The summed E-state index contributed by atoms with van der Waals surface area (Å²) in [5.74, 6) is -0.212. The molecule has 88 valence electrons. The molecule has 6 heteroatoms. The molecule has 17 heavy (non-hydrogen) atoms. The molecule has 0 aliphatic carbocycles. The molecular weight excluding hydrogens is 224 g/mol. The van der Waals surface area contributed by atoms with Crippen LogP contribution in [0.15, 0.2) is 18.3 Å². The number of terminal acetylenes is 1. The lowest BCUT2D eigenvalue weighted by Gasteiger charge is -2.11. The molecule has 1 aromatic rings. The smallest absolute Gasteiger partial charge is 0.327 e. The fourth-order valence-corrected chi connectivity index (χ4v) is 1.12. The van der Waals surface area contributed by atoms with E-state index in [0.29, 0.717) is 0 Å². The normalized spacial score (nSPS) is 11.2. The van der Waals surface area contributed by atoms with Crippen LogP contribution in [0.25, 0.3) is 0 Å². The Morgan fingerprint density at radius 3 is 2.82 bits per heavy atom. The predicted octanol–water partition coefficient (Wildman–Crippen LogP) is -0.00650. The molecule has 1 aromatic heterocycles. The van der Waals surface area contributed by atoms with Crippen molar-refractivity contribution in [1.29, 1.82) is 0 Å². The SMILES string of the molecule is C#CCC(NC(=O)c1ncccc1O)C(=O)O. The lowest BCUT2D eigenvalue weighted by Crippen LogP contribution is -2.40. The first-order valence-electron chi connectivity index (χ1n) is 4.67. The second-order valence-electron chi connectivity index (χ2n) is 3.14. The van der Waals surface area contributed by atoms with Crippen LogP contribution < -0.4 is 5.32 Å². The summed E-state index contributed by atoms with van der Waals surface area (Å²) in [6.07, 6.45) is 6.15. The number of carboxylic acids is 1. The molecule has 0 spiro atoms. The van der Waals surface area contributed by atoms with Crippen molar-refractivity contribution in [3.63, 3.8) is 0 Å². The molecule has 6 nitrogen and oxygen atoms in total. The third-order valence-corrected chi connectivity index (χ3v) is 1.93. The zero-order valence-corrected chi connectivity index (χ0v) is 8.75. The minimum atomic E-state index is -1.24. The predicted molar refractivity (Wildman–Crippen MR) is 58.2 cm³/mol. The molecule has 0 saturated carbocycles. The van der Waals surface area contributed by atoms with Crippen LogP contribution in [0.1, 0.15) is 16.9 Å². The first-order chi connectivity index (χ1) is 8.06. The Kier molecular flexibility index (Phi) is 4.06. The maximum Gasteiger partial charge on any atom is 0.327 e. The van der Waals surface area contributed by atoms with Gasteiger partial charge in [-0.1, -0.05) is 0 Å². The van der Waals surface area contributed by atoms with Gasteiger partial charge < -0.3 is 15.5 Å². The van der Waals surface area contributed by atoms with E-state index in [4.69, 9.17) is 11.5 Å². The van der Waals surface area contributed by atoms with Crippen LogP contribution in [0.5, 0.6) is 5.75 Å². The Hall–Kier alpha value is -2.55. The summed E-state index contributed by atoms with van der Waals surface area (Å²) < 4.78 is 0. The second kappa shape index (κ2) is 5.51. The van der Waals surface area contributed by atoms with Crippen LogP contribution in [-0.4, -0.2) is 33.1 Å². The van der Waals surface area contributed by atoms with Crippen molar-refractivity contribution in [2.75, 3.05) is 0 Å². The molecule has 1 atom stereocenters. The number of aromatic hydroxyl groups is 1. The minimum absolute atomic E-state index is 0.144. The Balaban J connectivity index is 2.82. The second-order valence-corrected chi connectivity index (χ2v) is 3.14.